The maximum absolute atomic E-state index is 9.59. The van der Waals surface area contributed by atoms with Crippen LogP contribution in [0.4, 0.5) is 0 Å². The minimum absolute atomic E-state index is 0.0107. The standard InChI is InChI=1S/C10H13ClO2/c1-7-6-8(11)2-3-9(7)10(13)4-5-12/h2-3,6,10,12-13H,4-5H2,1H3. The first kappa shape index (κ1) is 10.5. The van der Waals surface area contributed by atoms with E-state index in [4.69, 9.17) is 16.7 Å². The molecule has 0 bridgehead atoms. The monoisotopic (exact) mass is 200 g/mol. The molecule has 0 fully saturated rings. The molecule has 2 N–H and O–H groups in total. The Balaban J connectivity index is 2.88. The fourth-order valence-corrected chi connectivity index (χ4v) is 1.52. The highest BCUT2D eigenvalue weighted by molar-refractivity contribution is 6.30. The molecule has 13 heavy (non-hydrogen) atoms. The van der Waals surface area contributed by atoms with Crippen molar-refractivity contribution in [1.29, 1.82) is 0 Å². The Hall–Kier alpha value is -0.570. The zero-order valence-electron chi connectivity index (χ0n) is 7.50. The third kappa shape index (κ3) is 2.69. The molecule has 1 aromatic carbocycles. The van der Waals surface area contributed by atoms with Crippen LogP contribution < -0.4 is 0 Å². The average Bonchev–Trinajstić information content (AvgIpc) is 2.04. The normalized spacial score (nSPS) is 12.9. The number of aliphatic hydroxyl groups excluding tert-OH is 2. The van der Waals surface area contributed by atoms with Gasteiger partial charge in [0.05, 0.1) is 6.10 Å². The molecule has 2 nitrogen and oxygen atoms in total. The summed E-state index contributed by atoms with van der Waals surface area (Å²) in [6.07, 6.45) is -0.232. The first-order chi connectivity index (χ1) is 6.15. The summed E-state index contributed by atoms with van der Waals surface area (Å²) in [6.45, 7) is 1.88. The lowest BCUT2D eigenvalue weighted by atomic mass is 10.0. The number of hydrogen-bond acceptors (Lipinski definition) is 2. The van der Waals surface area contributed by atoms with Crippen molar-refractivity contribution in [2.24, 2.45) is 0 Å². The number of benzene rings is 1. The highest BCUT2D eigenvalue weighted by atomic mass is 35.5. The molecule has 1 aromatic rings. The van der Waals surface area contributed by atoms with Crippen molar-refractivity contribution in [3.05, 3.63) is 34.3 Å². The lowest BCUT2D eigenvalue weighted by Crippen LogP contribution is -2.02. The Morgan fingerprint density at radius 3 is 2.69 bits per heavy atom. The van der Waals surface area contributed by atoms with Crippen molar-refractivity contribution in [2.75, 3.05) is 6.61 Å². The Kier molecular flexibility index (Phi) is 3.72. The number of hydrogen-bond donors (Lipinski definition) is 2. The quantitative estimate of drug-likeness (QED) is 0.784. The van der Waals surface area contributed by atoms with Gasteiger partial charge < -0.3 is 10.2 Å². The molecule has 0 heterocycles. The number of aryl methyl sites for hydroxylation is 1. The summed E-state index contributed by atoms with van der Waals surface area (Å²) in [5.74, 6) is 0. The SMILES string of the molecule is Cc1cc(Cl)ccc1C(O)CCO. The summed E-state index contributed by atoms with van der Waals surface area (Å²) >= 11 is 5.77. The zero-order chi connectivity index (χ0) is 9.84. The van der Waals surface area contributed by atoms with Crippen molar-refractivity contribution in [1.82, 2.24) is 0 Å². The molecule has 0 aromatic heterocycles. The second-order valence-corrected chi connectivity index (χ2v) is 3.47. The molecular weight excluding hydrogens is 188 g/mol. The van der Waals surface area contributed by atoms with Crippen molar-refractivity contribution < 1.29 is 10.2 Å². The van der Waals surface area contributed by atoms with E-state index in [9.17, 15) is 5.11 Å². The summed E-state index contributed by atoms with van der Waals surface area (Å²) in [4.78, 5) is 0. The van der Waals surface area contributed by atoms with E-state index >= 15 is 0 Å². The Morgan fingerprint density at radius 2 is 2.15 bits per heavy atom. The number of aliphatic hydroxyl groups is 2. The van der Waals surface area contributed by atoms with E-state index in [1.807, 2.05) is 6.92 Å². The van der Waals surface area contributed by atoms with Crippen LogP contribution in [0.2, 0.25) is 5.02 Å². The molecule has 0 spiro atoms. The molecule has 0 amide bonds. The lowest BCUT2D eigenvalue weighted by molar-refractivity contribution is 0.134. The van der Waals surface area contributed by atoms with Crippen LogP contribution in [0, 0.1) is 6.92 Å². The van der Waals surface area contributed by atoms with E-state index in [1.165, 1.54) is 0 Å². The fraction of sp³-hybridized carbons (Fsp3) is 0.400. The molecule has 3 heteroatoms. The van der Waals surface area contributed by atoms with Crippen molar-refractivity contribution in [2.45, 2.75) is 19.4 Å². The Morgan fingerprint density at radius 1 is 1.46 bits per heavy atom. The summed E-state index contributed by atoms with van der Waals surface area (Å²) in [5.41, 5.74) is 1.78. The van der Waals surface area contributed by atoms with Crippen LogP contribution >= 0.6 is 11.6 Å². The van der Waals surface area contributed by atoms with Crippen LogP contribution in [-0.2, 0) is 0 Å². The van der Waals surface area contributed by atoms with Gasteiger partial charge in [0.2, 0.25) is 0 Å². The number of halogens is 1. The van der Waals surface area contributed by atoms with Gasteiger partial charge in [-0.05, 0) is 30.2 Å². The smallest absolute Gasteiger partial charge is 0.0814 e. The van der Waals surface area contributed by atoms with Gasteiger partial charge in [0.1, 0.15) is 0 Å². The van der Waals surface area contributed by atoms with Gasteiger partial charge >= 0.3 is 0 Å². The molecule has 0 aliphatic heterocycles. The van der Waals surface area contributed by atoms with Crippen LogP contribution in [0.3, 0.4) is 0 Å². The minimum Gasteiger partial charge on any atom is -0.396 e. The van der Waals surface area contributed by atoms with E-state index in [-0.39, 0.29) is 6.61 Å². The third-order valence-electron chi connectivity index (χ3n) is 1.99. The summed E-state index contributed by atoms with van der Waals surface area (Å²) in [7, 11) is 0. The van der Waals surface area contributed by atoms with Gasteiger partial charge in [-0.1, -0.05) is 17.7 Å². The highest BCUT2D eigenvalue weighted by Crippen LogP contribution is 2.23. The Bertz CT molecular complexity index is 286. The van der Waals surface area contributed by atoms with Gasteiger partial charge in [-0.2, -0.15) is 0 Å². The second-order valence-electron chi connectivity index (χ2n) is 3.03. The van der Waals surface area contributed by atoms with Gasteiger partial charge in [0.15, 0.2) is 0 Å². The fourth-order valence-electron chi connectivity index (χ4n) is 1.29. The van der Waals surface area contributed by atoms with Crippen LogP contribution in [0.1, 0.15) is 23.7 Å². The van der Waals surface area contributed by atoms with Crippen molar-refractivity contribution >= 4 is 11.6 Å². The van der Waals surface area contributed by atoms with Crippen molar-refractivity contribution in [3.8, 4) is 0 Å². The third-order valence-corrected chi connectivity index (χ3v) is 2.23. The highest BCUT2D eigenvalue weighted by Gasteiger charge is 2.09. The summed E-state index contributed by atoms with van der Waals surface area (Å²) in [6, 6.07) is 5.33. The average molecular weight is 201 g/mol. The summed E-state index contributed by atoms with van der Waals surface area (Å²) in [5, 5.41) is 18.9. The predicted molar refractivity (Wildman–Crippen MR) is 52.9 cm³/mol. The predicted octanol–water partition coefficient (Wildman–Crippen LogP) is 2.06. The lowest BCUT2D eigenvalue weighted by Gasteiger charge is -2.12. The van der Waals surface area contributed by atoms with E-state index in [0.29, 0.717) is 11.4 Å². The molecule has 0 saturated carbocycles. The molecule has 0 aliphatic rings. The van der Waals surface area contributed by atoms with Crippen molar-refractivity contribution in [3.63, 3.8) is 0 Å². The van der Waals surface area contributed by atoms with E-state index < -0.39 is 6.10 Å². The minimum atomic E-state index is -0.595. The van der Waals surface area contributed by atoms with Gasteiger partial charge in [-0.25, -0.2) is 0 Å². The van der Waals surface area contributed by atoms with E-state index in [2.05, 4.69) is 0 Å². The zero-order valence-corrected chi connectivity index (χ0v) is 8.25. The maximum atomic E-state index is 9.59. The molecular formula is C10H13ClO2. The van der Waals surface area contributed by atoms with Crippen LogP contribution in [0.15, 0.2) is 18.2 Å². The first-order valence-corrected chi connectivity index (χ1v) is 4.58. The molecule has 1 atom stereocenters. The Labute approximate surface area is 82.8 Å². The molecule has 0 aliphatic carbocycles. The van der Waals surface area contributed by atoms with Gasteiger partial charge in [0, 0.05) is 18.1 Å². The second kappa shape index (κ2) is 4.61. The molecule has 72 valence electrons. The molecule has 1 unspecified atom stereocenters. The van der Waals surface area contributed by atoms with Gasteiger partial charge in [-0.15, -0.1) is 0 Å². The number of rotatable bonds is 3. The van der Waals surface area contributed by atoms with Gasteiger partial charge in [-0.3, -0.25) is 0 Å². The largest absolute Gasteiger partial charge is 0.396 e. The van der Waals surface area contributed by atoms with Crippen LogP contribution in [0.25, 0.3) is 0 Å². The van der Waals surface area contributed by atoms with E-state index in [0.717, 1.165) is 11.1 Å². The topological polar surface area (TPSA) is 40.5 Å². The van der Waals surface area contributed by atoms with Crippen LogP contribution in [-0.4, -0.2) is 16.8 Å². The molecule has 0 saturated heterocycles. The van der Waals surface area contributed by atoms with E-state index in [1.54, 1.807) is 18.2 Å². The maximum Gasteiger partial charge on any atom is 0.0814 e. The molecule has 1 rings (SSSR count). The van der Waals surface area contributed by atoms with Gasteiger partial charge in [0.25, 0.3) is 0 Å². The molecule has 0 radical (unpaired) electrons. The van der Waals surface area contributed by atoms with Crippen LogP contribution in [0.5, 0.6) is 0 Å². The summed E-state index contributed by atoms with van der Waals surface area (Å²) < 4.78 is 0. The first-order valence-electron chi connectivity index (χ1n) is 4.20.